The predicted molar refractivity (Wildman–Crippen MR) is 80.9 cm³/mol. The molecule has 0 spiro atoms. The van der Waals surface area contributed by atoms with Gasteiger partial charge in [-0.05, 0) is 38.5 Å². The fourth-order valence-electron chi connectivity index (χ4n) is 2.24. The van der Waals surface area contributed by atoms with Crippen molar-refractivity contribution in [3.8, 4) is 5.75 Å². The number of aryl methyl sites for hydroxylation is 1. The van der Waals surface area contributed by atoms with Crippen molar-refractivity contribution in [2.75, 3.05) is 7.11 Å². The largest absolute Gasteiger partial charge is 0.497 e. The highest BCUT2D eigenvalue weighted by molar-refractivity contribution is 5.29. The molecule has 20 heavy (non-hydrogen) atoms. The molecule has 2 rings (SSSR count). The van der Waals surface area contributed by atoms with E-state index < -0.39 is 0 Å². The molecule has 0 radical (unpaired) electrons. The van der Waals surface area contributed by atoms with E-state index in [9.17, 15) is 0 Å². The Bertz CT molecular complexity index is 533. The highest BCUT2D eigenvalue weighted by atomic mass is 16.5. The first-order valence-electron chi connectivity index (χ1n) is 7.06. The van der Waals surface area contributed by atoms with Crippen molar-refractivity contribution in [3.63, 3.8) is 0 Å². The second kappa shape index (κ2) is 6.57. The predicted octanol–water partition coefficient (Wildman–Crippen LogP) is 3.32. The minimum Gasteiger partial charge on any atom is -0.497 e. The van der Waals surface area contributed by atoms with Crippen LogP contribution < -0.4 is 10.1 Å². The van der Waals surface area contributed by atoms with Crippen molar-refractivity contribution in [1.82, 2.24) is 15.1 Å². The lowest BCUT2D eigenvalue weighted by molar-refractivity contribution is 0.414. The number of hydrogen-bond donors (Lipinski definition) is 1. The van der Waals surface area contributed by atoms with Crippen LogP contribution in [0.5, 0.6) is 5.75 Å². The van der Waals surface area contributed by atoms with Crippen LogP contribution >= 0.6 is 0 Å². The van der Waals surface area contributed by atoms with Crippen LogP contribution in [0.4, 0.5) is 0 Å². The molecular weight excluding hydrogens is 250 g/mol. The van der Waals surface area contributed by atoms with E-state index in [1.807, 2.05) is 23.0 Å². The van der Waals surface area contributed by atoms with Crippen LogP contribution in [-0.4, -0.2) is 16.9 Å². The highest BCUT2D eigenvalue weighted by Gasteiger charge is 2.12. The number of methoxy groups -OCH3 is 1. The molecule has 1 aromatic heterocycles. The van der Waals surface area contributed by atoms with E-state index in [4.69, 9.17) is 4.74 Å². The Balaban J connectivity index is 2.00. The van der Waals surface area contributed by atoms with Crippen molar-refractivity contribution in [1.29, 1.82) is 0 Å². The van der Waals surface area contributed by atoms with Gasteiger partial charge in [-0.1, -0.05) is 12.1 Å². The van der Waals surface area contributed by atoms with Gasteiger partial charge in [-0.25, -0.2) is 0 Å². The quantitative estimate of drug-likeness (QED) is 0.877. The van der Waals surface area contributed by atoms with Crippen LogP contribution in [0.15, 0.2) is 36.7 Å². The summed E-state index contributed by atoms with van der Waals surface area (Å²) in [5.41, 5.74) is 2.47. The monoisotopic (exact) mass is 273 g/mol. The first-order chi connectivity index (χ1) is 9.63. The van der Waals surface area contributed by atoms with Crippen molar-refractivity contribution in [2.24, 2.45) is 0 Å². The van der Waals surface area contributed by atoms with Gasteiger partial charge < -0.3 is 10.1 Å². The van der Waals surface area contributed by atoms with Gasteiger partial charge in [0.05, 0.1) is 13.3 Å². The highest BCUT2D eigenvalue weighted by Crippen LogP contribution is 2.21. The van der Waals surface area contributed by atoms with E-state index in [1.165, 1.54) is 11.1 Å². The Kier molecular flexibility index (Phi) is 4.79. The van der Waals surface area contributed by atoms with Gasteiger partial charge in [-0.15, -0.1) is 0 Å². The Morgan fingerprint density at radius 1 is 1.15 bits per heavy atom. The summed E-state index contributed by atoms with van der Waals surface area (Å²) in [5.74, 6) is 0.887. The van der Waals surface area contributed by atoms with E-state index in [2.05, 4.69) is 49.5 Å². The van der Waals surface area contributed by atoms with Crippen molar-refractivity contribution >= 4 is 0 Å². The molecular formula is C16H23N3O. The first kappa shape index (κ1) is 14.6. The number of nitrogens with one attached hydrogen (secondary N) is 1. The van der Waals surface area contributed by atoms with E-state index in [0.717, 1.165) is 12.3 Å². The molecule has 0 aliphatic rings. The molecule has 0 saturated heterocycles. The molecule has 0 aliphatic heterocycles. The van der Waals surface area contributed by atoms with E-state index >= 15 is 0 Å². The van der Waals surface area contributed by atoms with Crippen molar-refractivity contribution in [2.45, 2.75) is 39.4 Å². The first-order valence-corrected chi connectivity index (χ1v) is 7.06. The number of aromatic nitrogens is 2. The maximum Gasteiger partial charge on any atom is 0.118 e. The van der Waals surface area contributed by atoms with Gasteiger partial charge in [0.1, 0.15) is 5.75 Å². The Labute approximate surface area is 120 Å². The number of hydrogen-bond acceptors (Lipinski definition) is 3. The van der Waals surface area contributed by atoms with Gasteiger partial charge >= 0.3 is 0 Å². The molecule has 4 heteroatoms. The summed E-state index contributed by atoms with van der Waals surface area (Å²) in [6.45, 7) is 7.33. The number of rotatable bonds is 6. The fraction of sp³-hybridized carbons (Fsp3) is 0.438. The second-order valence-corrected chi connectivity index (χ2v) is 5.01. The second-order valence-electron chi connectivity index (χ2n) is 5.01. The summed E-state index contributed by atoms with van der Waals surface area (Å²) in [6.07, 6.45) is 4.03. The molecule has 1 unspecified atom stereocenters. The zero-order chi connectivity index (χ0) is 14.5. The zero-order valence-electron chi connectivity index (χ0n) is 12.6. The van der Waals surface area contributed by atoms with Gasteiger partial charge in [-0.2, -0.15) is 5.10 Å². The third-order valence-corrected chi connectivity index (χ3v) is 3.59. The number of ether oxygens (including phenoxy) is 1. The average molecular weight is 273 g/mol. The molecule has 4 nitrogen and oxygen atoms in total. The van der Waals surface area contributed by atoms with Gasteiger partial charge in [0.15, 0.2) is 0 Å². The summed E-state index contributed by atoms with van der Waals surface area (Å²) in [4.78, 5) is 0. The number of benzene rings is 1. The normalized spacial score (nSPS) is 14.0. The summed E-state index contributed by atoms with van der Waals surface area (Å²) in [7, 11) is 1.68. The van der Waals surface area contributed by atoms with Crippen LogP contribution in [0.3, 0.4) is 0 Å². The molecule has 2 aromatic rings. The molecule has 1 heterocycles. The van der Waals surface area contributed by atoms with E-state index in [-0.39, 0.29) is 12.1 Å². The van der Waals surface area contributed by atoms with E-state index in [0.29, 0.717) is 0 Å². The minimum atomic E-state index is 0.271. The maximum absolute atomic E-state index is 5.18. The SMILES string of the molecule is CCn1cc(C(C)N[C@H](C)c2ccc(OC)cc2)cn1. The Morgan fingerprint density at radius 3 is 2.35 bits per heavy atom. The molecule has 108 valence electrons. The van der Waals surface area contributed by atoms with Crippen LogP contribution in [0, 0.1) is 0 Å². The lowest BCUT2D eigenvalue weighted by Gasteiger charge is -2.19. The third-order valence-electron chi connectivity index (χ3n) is 3.59. The molecule has 0 fully saturated rings. The summed E-state index contributed by atoms with van der Waals surface area (Å²) in [5, 5.41) is 7.91. The zero-order valence-corrected chi connectivity index (χ0v) is 12.6. The van der Waals surface area contributed by atoms with Crippen LogP contribution in [0.2, 0.25) is 0 Å². The van der Waals surface area contributed by atoms with Gasteiger partial charge in [0.25, 0.3) is 0 Å². The standard InChI is InChI=1S/C16H23N3O/c1-5-19-11-15(10-17-19)13(3)18-12(2)14-6-8-16(20-4)9-7-14/h6-13,18H,5H2,1-4H3/t12-,13?/m1/s1. The van der Waals surface area contributed by atoms with Gasteiger partial charge in [-0.3, -0.25) is 4.68 Å². The maximum atomic E-state index is 5.18. The van der Waals surface area contributed by atoms with Gasteiger partial charge in [0, 0.05) is 30.4 Å². The van der Waals surface area contributed by atoms with Crippen LogP contribution in [-0.2, 0) is 6.54 Å². The van der Waals surface area contributed by atoms with Crippen molar-refractivity contribution in [3.05, 3.63) is 47.8 Å². The minimum absolute atomic E-state index is 0.271. The molecule has 2 atom stereocenters. The van der Waals surface area contributed by atoms with Crippen LogP contribution in [0.25, 0.3) is 0 Å². The topological polar surface area (TPSA) is 39.1 Å². The average Bonchev–Trinajstić information content (AvgIpc) is 2.96. The molecule has 0 aliphatic carbocycles. The van der Waals surface area contributed by atoms with E-state index in [1.54, 1.807) is 7.11 Å². The summed E-state index contributed by atoms with van der Waals surface area (Å²) >= 11 is 0. The van der Waals surface area contributed by atoms with Gasteiger partial charge in [0.2, 0.25) is 0 Å². The smallest absolute Gasteiger partial charge is 0.118 e. The molecule has 0 saturated carbocycles. The molecule has 1 aromatic carbocycles. The third kappa shape index (κ3) is 3.39. The van der Waals surface area contributed by atoms with Crippen molar-refractivity contribution < 1.29 is 4.74 Å². The lowest BCUT2D eigenvalue weighted by atomic mass is 10.1. The number of nitrogens with zero attached hydrogens (tertiary/aromatic N) is 2. The molecule has 0 bridgehead atoms. The Morgan fingerprint density at radius 2 is 1.80 bits per heavy atom. The fourth-order valence-corrected chi connectivity index (χ4v) is 2.24. The Hall–Kier alpha value is -1.81. The molecule has 0 amide bonds. The lowest BCUT2D eigenvalue weighted by Crippen LogP contribution is -2.22. The summed E-state index contributed by atoms with van der Waals surface area (Å²) < 4.78 is 7.13. The van der Waals surface area contributed by atoms with Crippen LogP contribution in [0.1, 0.15) is 44.0 Å². The summed E-state index contributed by atoms with van der Waals surface area (Å²) in [6, 6.07) is 8.73. The molecule has 1 N–H and O–H groups in total.